The Balaban J connectivity index is 1.85. The number of para-hydroxylation sites is 1. The number of halogens is 3. The standard InChI is InChI=1S/C17H13BrF2N4O/c1-10-15(18)16(24(23-10)12-5-3-2-4-6-12)22-17(25)21-11-7-8-13(19)14(20)9-11/h2-9H,1H3,(H2,21,22,25). The van der Waals surface area contributed by atoms with Crippen LogP contribution in [0.4, 0.5) is 25.1 Å². The fourth-order valence-corrected chi connectivity index (χ4v) is 2.56. The van der Waals surface area contributed by atoms with Crippen LogP contribution in [0, 0.1) is 18.6 Å². The van der Waals surface area contributed by atoms with E-state index in [0.717, 1.165) is 17.8 Å². The van der Waals surface area contributed by atoms with E-state index >= 15 is 0 Å². The van der Waals surface area contributed by atoms with E-state index < -0.39 is 17.7 Å². The molecule has 0 unspecified atom stereocenters. The van der Waals surface area contributed by atoms with Crippen LogP contribution >= 0.6 is 15.9 Å². The van der Waals surface area contributed by atoms with Gasteiger partial charge in [-0.2, -0.15) is 5.10 Å². The summed E-state index contributed by atoms with van der Waals surface area (Å²) in [5, 5.41) is 9.51. The fourth-order valence-electron chi connectivity index (χ4n) is 2.22. The van der Waals surface area contributed by atoms with Crippen molar-refractivity contribution in [2.75, 3.05) is 10.6 Å². The molecule has 0 atom stereocenters. The highest BCUT2D eigenvalue weighted by atomic mass is 79.9. The van der Waals surface area contributed by atoms with Gasteiger partial charge in [0.15, 0.2) is 17.5 Å². The maximum Gasteiger partial charge on any atom is 0.324 e. The second-order valence-corrected chi connectivity index (χ2v) is 6.00. The number of anilines is 2. The third kappa shape index (κ3) is 3.69. The van der Waals surface area contributed by atoms with Crippen molar-refractivity contribution in [3.05, 3.63) is 70.3 Å². The molecule has 2 aromatic carbocycles. The second-order valence-electron chi connectivity index (χ2n) is 5.20. The lowest BCUT2D eigenvalue weighted by molar-refractivity contribution is 0.262. The van der Waals surface area contributed by atoms with Gasteiger partial charge in [-0.15, -0.1) is 0 Å². The average molecular weight is 407 g/mol. The lowest BCUT2D eigenvalue weighted by Crippen LogP contribution is -2.21. The van der Waals surface area contributed by atoms with Gasteiger partial charge in [-0.25, -0.2) is 18.3 Å². The van der Waals surface area contributed by atoms with Gasteiger partial charge in [0.05, 0.1) is 15.9 Å². The number of urea groups is 1. The minimum atomic E-state index is -1.04. The van der Waals surface area contributed by atoms with Crippen molar-refractivity contribution < 1.29 is 13.6 Å². The first-order valence-corrected chi connectivity index (χ1v) is 8.08. The van der Waals surface area contributed by atoms with Crippen molar-refractivity contribution in [3.63, 3.8) is 0 Å². The molecule has 0 aliphatic carbocycles. The molecular weight excluding hydrogens is 394 g/mol. The zero-order valence-corrected chi connectivity index (χ0v) is 14.6. The predicted octanol–water partition coefficient (Wildman–Crippen LogP) is 4.87. The van der Waals surface area contributed by atoms with Gasteiger partial charge in [0, 0.05) is 11.8 Å². The number of amides is 2. The molecule has 2 amide bonds. The maximum atomic E-state index is 13.2. The molecular formula is C17H13BrF2N4O. The van der Waals surface area contributed by atoms with Gasteiger partial charge in [-0.05, 0) is 47.1 Å². The Morgan fingerprint density at radius 1 is 1.08 bits per heavy atom. The average Bonchev–Trinajstić information content (AvgIpc) is 2.87. The lowest BCUT2D eigenvalue weighted by Gasteiger charge is -2.11. The van der Waals surface area contributed by atoms with Crippen LogP contribution in [0.2, 0.25) is 0 Å². The molecule has 0 aliphatic heterocycles. The van der Waals surface area contributed by atoms with Crippen LogP contribution in [-0.2, 0) is 0 Å². The Hall–Kier alpha value is -2.74. The monoisotopic (exact) mass is 406 g/mol. The van der Waals surface area contributed by atoms with Crippen molar-refractivity contribution in [1.82, 2.24) is 9.78 Å². The van der Waals surface area contributed by atoms with Crippen LogP contribution in [0.15, 0.2) is 53.0 Å². The van der Waals surface area contributed by atoms with Gasteiger partial charge in [-0.1, -0.05) is 18.2 Å². The molecule has 2 N–H and O–H groups in total. The van der Waals surface area contributed by atoms with E-state index in [0.29, 0.717) is 16.0 Å². The third-order valence-electron chi connectivity index (χ3n) is 3.40. The van der Waals surface area contributed by atoms with Crippen LogP contribution in [0.5, 0.6) is 0 Å². The third-order valence-corrected chi connectivity index (χ3v) is 4.35. The van der Waals surface area contributed by atoms with Crippen LogP contribution in [0.25, 0.3) is 5.69 Å². The molecule has 0 bridgehead atoms. The second kappa shape index (κ2) is 7.02. The first-order chi connectivity index (χ1) is 12.0. The number of aryl methyl sites for hydroxylation is 1. The number of nitrogens with one attached hydrogen (secondary N) is 2. The number of carbonyl (C=O) groups excluding carboxylic acids is 1. The van der Waals surface area contributed by atoms with Gasteiger partial charge in [-0.3, -0.25) is 5.32 Å². The summed E-state index contributed by atoms with van der Waals surface area (Å²) in [5.74, 6) is -1.60. The SMILES string of the molecule is Cc1nn(-c2ccccc2)c(NC(=O)Nc2ccc(F)c(F)c2)c1Br. The van der Waals surface area contributed by atoms with E-state index in [4.69, 9.17) is 0 Å². The lowest BCUT2D eigenvalue weighted by atomic mass is 10.3. The first-order valence-electron chi connectivity index (χ1n) is 7.29. The molecule has 0 saturated heterocycles. The van der Waals surface area contributed by atoms with Crippen molar-refractivity contribution in [3.8, 4) is 5.69 Å². The number of hydrogen-bond donors (Lipinski definition) is 2. The molecule has 1 heterocycles. The van der Waals surface area contributed by atoms with E-state index in [1.54, 1.807) is 11.6 Å². The van der Waals surface area contributed by atoms with Crippen LogP contribution < -0.4 is 10.6 Å². The van der Waals surface area contributed by atoms with E-state index in [1.165, 1.54) is 6.07 Å². The van der Waals surface area contributed by atoms with Gasteiger partial charge < -0.3 is 5.32 Å². The molecule has 5 nitrogen and oxygen atoms in total. The van der Waals surface area contributed by atoms with Crippen molar-refractivity contribution >= 4 is 33.5 Å². The zero-order valence-electron chi connectivity index (χ0n) is 13.1. The summed E-state index contributed by atoms with van der Waals surface area (Å²) in [6.45, 7) is 1.79. The number of nitrogens with zero attached hydrogens (tertiary/aromatic N) is 2. The topological polar surface area (TPSA) is 59.0 Å². The quantitative estimate of drug-likeness (QED) is 0.651. The molecule has 0 spiro atoms. The normalized spacial score (nSPS) is 10.6. The minimum absolute atomic E-state index is 0.134. The Kier molecular flexibility index (Phi) is 4.80. The van der Waals surface area contributed by atoms with Gasteiger partial charge in [0.25, 0.3) is 0 Å². The first kappa shape index (κ1) is 17.1. The van der Waals surface area contributed by atoms with Crippen molar-refractivity contribution in [1.29, 1.82) is 0 Å². The number of carbonyl (C=O) groups is 1. The number of benzene rings is 2. The van der Waals surface area contributed by atoms with E-state index in [1.807, 2.05) is 30.3 Å². The number of aromatic nitrogens is 2. The zero-order chi connectivity index (χ0) is 18.0. The maximum absolute atomic E-state index is 13.2. The van der Waals surface area contributed by atoms with Crippen molar-refractivity contribution in [2.24, 2.45) is 0 Å². The highest BCUT2D eigenvalue weighted by Gasteiger charge is 2.17. The molecule has 128 valence electrons. The molecule has 3 rings (SSSR count). The molecule has 0 saturated carbocycles. The van der Waals surface area contributed by atoms with E-state index in [-0.39, 0.29) is 5.69 Å². The largest absolute Gasteiger partial charge is 0.324 e. The molecule has 25 heavy (non-hydrogen) atoms. The van der Waals surface area contributed by atoms with Gasteiger partial charge in [0.1, 0.15) is 0 Å². The van der Waals surface area contributed by atoms with Gasteiger partial charge >= 0.3 is 6.03 Å². The summed E-state index contributed by atoms with van der Waals surface area (Å²) in [4.78, 5) is 12.2. The molecule has 0 radical (unpaired) electrons. The summed E-state index contributed by atoms with van der Waals surface area (Å²) in [7, 11) is 0. The van der Waals surface area contributed by atoms with E-state index in [2.05, 4.69) is 31.7 Å². The van der Waals surface area contributed by atoms with Crippen molar-refractivity contribution in [2.45, 2.75) is 6.92 Å². The fraction of sp³-hybridized carbons (Fsp3) is 0.0588. The Morgan fingerprint density at radius 3 is 2.48 bits per heavy atom. The Labute approximate surface area is 150 Å². The Morgan fingerprint density at radius 2 is 1.80 bits per heavy atom. The summed E-state index contributed by atoms with van der Waals surface area (Å²) in [6.07, 6.45) is 0. The molecule has 0 fully saturated rings. The summed E-state index contributed by atoms with van der Waals surface area (Å²) in [6, 6.07) is 11.8. The minimum Gasteiger partial charge on any atom is -0.308 e. The Bertz CT molecular complexity index is 928. The molecule has 0 aliphatic rings. The smallest absolute Gasteiger partial charge is 0.308 e. The molecule has 3 aromatic rings. The summed E-state index contributed by atoms with van der Waals surface area (Å²) < 4.78 is 28.4. The highest BCUT2D eigenvalue weighted by Crippen LogP contribution is 2.29. The summed E-state index contributed by atoms with van der Waals surface area (Å²) in [5.41, 5.74) is 1.58. The van der Waals surface area contributed by atoms with Crippen LogP contribution in [0.1, 0.15) is 5.69 Å². The van der Waals surface area contributed by atoms with Crippen LogP contribution in [0.3, 0.4) is 0 Å². The molecule has 1 aromatic heterocycles. The summed E-state index contributed by atoms with van der Waals surface area (Å²) >= 11 is 3.40. The number of hydrogen-bond acceptors (Lipinski definition) is 2. The predicted molar refractivity (Wildman–Crippen MR) is 95.0 cm³/mol. The molecule has 8 heteroatoms. The van der Waals surface area contributed by atoms with Gasteiger partial charge in [0.2, 0.25) is 0 Å². The highest BCUT2D eigenvalue weighted by molar-refractivity contribution is 9.10. The van der Waals surface area contributed by atoms with E-state index in [9.17, 15) is 13.6 Å². The number of rotatable bonds is 3. The van der Waals surface area contributed by atoms with Crippen LogP contribution in [-0.4, -0.2) is 15.8 Å².